The van der Waals surface area contributed by atoms with E-state index in [2.05, 4.69) is 10.3 Å². The van der Waals surface area contributed by atoms with Crippen LogP contribution in [0.25, 0.3) is 11.1 Å². The molecule has 0 aliphatic carbocycles. The number of nitrogens with one attached hydrogen (secondary N) is 1. The Morgan fingerprint density at radius 3 is 3.15 bits per heavy atom. The molecular weight excluding hydrogens is 188 g/mol. The number of rotatable bonds is 2. The first kappa shape index (κ1) is 8.53. The van der Waals surface area contributed by atoms with E-state index in [1.54, 1.807) is 0 Å². The van der Waals surface area contributed by atoms with Crippen LogP contribution in [-0.2, 0) is 0 Å². The maximum atomic E-state index is 5.98. The van der Waals surface area contributed by atoms with Gasteiger partial charge in [-0.1, -0.05) is 6.07 Å². The predicted molar refractivity (Wildman–Crippen MR) is 51.7 cm³/mol. The number of hydrogen-bond donors (Lipinski definition) is 1. The Morgan fingerprint density at radius 1 is 1.54 bits per heavy atom. The smallest absolute Gasteiger partial charge is 0.181 e. The zero-order valence-corrected chi connectivity index (χ0v) is 7.88. The number of halogens is 1. The van der Waals surface area contributed by atoms with Crippen molar-refractivity contribution < 1.29 is 4.42 Å². The van der Waals surface area contributed by atoms with Gasteiger partial charge in [-0.15, -0.1) is 11.6 Å². The first-order valence-electron chi connectivity index (χ1n) is 3.96. The first-order chi connectivity index (χ1) is 6.31. The molecule has 0 fully saturated rings. The largest absolute Gasteiger partial charge is 0.443 e. The van der Waals surface area contributed by atoms with E-state index in [-0.39, 0.29) is 5.50 Å². The SMILES string of the molecule is CNC(Cl)c1ccc2ncoc2c1. The zero-order chi connectivity index (χ0) is 9.26. The highest BCUT2D eigenvalue weighted by Gasteiger charge is 2.06. The summed E-state index contributed by atoms with van der Waals surface area (Å²) in [7, 11) is 1.81. The molecule has 1 atom stereocenters. The third-order valence-electron chi connectivity index (χ3n) is 1.90. The predicted octanol–water partition coefficient (Wildman–Crippen LogP) is 2.28. The summed E-state index contributed by atoms with van der Waals surface area (Å²) in [4.78, 5) is 4.01. The van der Waals surface area contributed by atoms with Crippen molar-refractivity contribution >= 4 is 22.7 Å². The van der Waals surface area contributed by atoms with Crippen LogP contribution in [0.1, 0.15) is 11.1 Å². The third-order valence-corrected chi connectivity index (χ3v) is 2.37. The van der Waals surface area contributed by atoms with Gasteiger partial charge in [0.25, 0.3) is 0 Å². The van der Waals surface area contributed by atoms with Gasteiger partial charge >= 0.3 is 0 Å². The van der Waals surface area contributed by atoms with E-state index >= 15 is 0 Å². The normalized spacial score (nSPS) is 13.4. The molecule has 1 N–H and O–H groups in total. The lowest BCUT2D eigenvalue weighted by molar-refractivity contribution is 0.601. The van der Waals surface area contributed by atoms with E-state index in [1.165, 1.54) is 6.39 Å². The fourth-order valence-electron chi connectivity index (χ4n) is 1.20. The van der Waals surface area contributed by atoms with Gasteiger partial charge in [0.15, 0.2) is 12.0 Å². The van der Waals surface area contributed by atoms with E-state index < -0.39 is 0 Å². The number of nitrogens with zero attached hydrogens (tertiary/aromatic N) is 1. The molecule has 3 nitrogen and oxygen atoms in total. The second-order valence-corrected chi connectivity index (χ2v) is 3.17. The minimum absolute atomic E-state index is 0.186. The monoisotopic (exact) mass is 196 g/mol. The summed E-state index contributed by atoms with van der Waals surface area (Å²) in [5.41, 5.74) is 2.41. The first-order valence-corrected chi connectivity index (χ1v) is 4.39. The van der Waals surface area contributed by atoms with Gasteiger partial charge in [0.2, 0.25) is 0 Å². The number of oxazole rings is 1. The Balaban J connectivity index is 2.48. The Bertz CT molecular complexity index is 413. The van der Waals surface area contributed by atoms with Crippen molar-refractivity contribution in [3.8, 4) is 0 Å². The molecule has 0 saturated carbocycles. The average molecular weight is 197 g/mol. The highest BCUT2D eigenvalue weighted by atomic mass is 35.5. The Hall–Kier alpha value is -1.06. The molecule has 0 bridgehead atoms. The Kier molecular flexibility index (Phi) is 2.20. The topological polar surface area (TPSA) is 38.1 Å². The van der Waals surface area contributed by atoms with Crippen LogP contribution in [0.5, 0.6) is 0 Å². The average Bonchev–Trinajstić information content (AvgIpc) is 2.63. The summed E-state index contributed by atoms with van der Waals surface area (Å²) in [5.74, 6) is 0. The van der Waals surface area contributed by atoms with Gasteiger partial charge in [0.05, 0.1) is 0 Å². The fraction of sp³-hybridized carbons (Fsp3) is 0.222. The number of aromatic nitrogens is 1. The molecule has 0 radical (unpaired) electrons. The van der Waals surface area contributed by atoms with Crippen molar-refractivity contribution in [2.75, 3.05) is 7.05 Å². The second-order valence-electron chi connectivity index (χ2n) is 2.73. The highest BCUT2D eigenvalue weighted by Crippen LogP contribution is 2.21. The van der Waals surface area contributed by atoms with Gasteiger partial charge in [0.1, 0.15) is 11.0 Å². The molecule has 0 aliphatic rings. The Morgan fingerprint density at radius 2 is 2.38 bits per heavy atom. The lowest BCUT2D eigenvalue weighted by Gasteiger charge is -2.06. The van der Waals surface area contributed by atoms with Gasteiger partial charge in [-0.25, -0.2) is 4.98 Å². The molecule has 1 aromatic carbocycles. The maximum absolute atomic E-state index is 5.98. The minimum atomic E-state index is -0.186. The molecule has 0 saturated heterocycles. The van der Waals surface area contributed by atoms with Crippen LogP contribution in [0.15, 0.2) is 29.0 Å². The molecule has 1 aromatic heterocycles. The lowest BCUT2D eigenvalue weighted by Crippen LogP contribution is -2.09. The number of benzene rings is 1. The molecule has 2 aromatic rings. The van der Waals surface area contributed by atoms with E-state index in [4.69, 9.17) is 16.0 Å². The summed E-state index contributed by atoms with van der Waals surface area (Å²) in [6, 6.07) is 5.70. The second kappa shape index (κ2) is 3.36. The summed E-state index contributed by atoms with van der Waals surface area (Å²) in [6.45, 7) is 0. The van der Waals surface area contributed by atoms with Crippen LogP contribution in [0, 0.1) is 0 Å². The van der Waals surface area contributed by atoms with Crippen molar-refractivity contribution in [3.63, 3.8) is 0 Å². The van der Waals surface area contributed by atoms with Gasteiger partial charge in [-0.05, 0) is 24.7 Å². The summed E-state index contributed by atoms with van der Waals surface area (Å²) in [5, 5.41) is 2.94. The quantitative estimate of drug-likeness (QED) is 0.592. The standard InChI is InChI=1S/C9H9ClN2O/c1-11-9(10)6-2-3-7-8(4-6)13-5-12-7/h2-5,9,11H,1H3. The van der Waals surface area contributed by atoms with Crippen molar-refractivity contribution in [2.45, 2.75) is 5.50 Å². The van der Waals surface area contributed by atoms with Crippen molar-refractivity contribution in [1.29, 1.82) is 0 Å². The van der Waals surface area contributed by atoms with Crippen molar-refractivity contribution in [1.82, 2.24) is 10.3 Å². The van der Waals surface area contributed by atoms with E-state index in [1.807, 2.05) is 25.2 Å². The third kappa shape index (κ3) is 1.53. The van der Waals surface area contributed by atoms with Crippen LogP contribution in [-0.4, -0.2) is 12.0 Å². The molecule has 0 spiro atoms. The summed E-state index contributed by atoms with van der Waals surface area (Å²) >= 11 is 5.98. The van der Waals surface area contributed by atoms with Gasteiger partial charge in [0, 0.05) is 0 Å². The highest BCUT2D eigenvalue weighted by molar-refractivity contribution is 6.20. The Labute approximate surface area is 80.7 Å². The number of fused-ring (bicyclic) bond motifs is 1. The summed E-state index contributed by atoms with van der Waals surface area (Å²) < 4.78 is 5.16. The van der Waals surface area contributed by atoms with Gasteiger partial charge in [-0.3, -0.25) is 0 Å². The fourth-order valence-corrected chi connectivity index (χ4v) is 1.33. The van der Waals surface area contributed by atoms with Crippen LogP contribution < -0.4 is 5.32 Å². The molecular formula is C9H9ClN2O. The molecule has 2 rings (SSSR count). The molecule has 4 heteroatoms. The zero-order valence-electron chi connectivity index (χ0n) is 7.12. The number of hydrogen-bond acceptors (Lipinski definition) is 3. The van der Waals surface area contributed by atoms with E-state index in [9.17, 15) is 0 Å². The lowest BCUT2D eigenvalue weighted by atomic mass is 10.2. The number of alkyl halides is 1. The van der Waals surface area contributed by atoms with Crippen LogP contribution >= 0.6 is 11.6 Å². The maximum Gasteiger partial charge on any atom is 0.181 e. The van der Waals surface area contributed by atoms with E-state index in [0.29, 0.717) is 0 Å². The molecule has 0 aliphatic heterocycles. The van der Waals surface area contributed by atoms with Crippen molar-refractivity contribution in [3.05, 3.63) is 30.2 Å². The van der Waals surface area contributed by atoms with Gasteiger partial charge in [-0.2, -0.15) is 0 Å². The van der Waals surface area contributed by atoms with Crippen LogP contribution in [0.2, 0.25) is 0 Å². The van der Waals surface area contributed by atoms with Crippen molar-refractivity contribution in [2.24, 2.45) is 0 Å². The summed E-state index contributed by atoms with van der Waals surface area (Å²) in [6.07, 6.45) is 1.43. The minimum Gasteiger partial charge on any atom is -0.443 e. The van der Waals surface area contributed by atoms with Crippen LogP contribution in [0.4, 0.5) is 0 Å². The molecule has 68 valence electrons. The van der Waals surface area contributed by atoms with Crippen LogP contribution in [0.3, 0.4) is 0 Å². The molecule has 13 heavy (non-hydrogen) atoms. The molecule has 1 heterocycles. The van der Waals surface area contributed by atoms with Gasteiger partial charge < -0.3 is 9.73 Å². The molecule has 1 unspecified atom stereocenters. The molecule has 0 amide bonds. The van der Waals surface area contributed by atoms with E-state index in [0.717, 1.165) is 16.7 Å².